The van der Waals surface area contributed by atoms with Crippen LogP contribution in [0.15, 0.2) is 24.3 Å². The summed E-state index contributed by atoms with van der Waals surface area (Å²) in [6.07, 6.45) is 3.06. The van der Waals surface area contributed by atoms with E-state index in [-0.39, 0.29) is 11.6 Å². The van der Waals surface area contributed by atoms with E-state index < -0.39 is 0 Å². The average molecular weight is 290 g/mol. The molecule has 1 aromatic carbocycles. The summed E-state index contributed by atoms with van der Waals surface area (Å²) in [6, 6.07) is 8.64. The molecule has 3 atom stereocenters. The molecular weight excluding hydrogens is 264 g/mol. The highest BCUT2D eigenvalue weighted by Gasteiger charge is 2.42. The van der Waals surface area contributed by atoms with Gasteiger partial charge in [0.2, 0.25) is 0 Å². The highest BCUT2D eigenvalue weighted by Crippen LogP contribution is 2.40. The molecule has 1 spiro atoms. The minimum absolute atomic E-state index is 0.0697. The maximum Gasteiger partial charge on any atom is 0.0940 e. The van der Waals surface area contributed by atoms with E-state index in [4.69, 9.17) is 15.2 Å². The van der Waals surface area contributed by atoms with Gasteiger partial charge in [0.15, 0.2) is 0 Å². The SMILES string of the molecule is CN(C)c1cccc(C(N)C2CCOC3(CCOC3)C2)c1. The molecule has 0 saturated carbocycles. The average Bonchev–Trinajstić information content (AvgIpc) is 2.94. The molecule has 1 aromatic rings. The van der Waals surface area contributed by atoms with E-state index in [1.807, 2.05) is 0 Å². The number of nitrogens with zero attached hydrogens (tertiary/aromatic N) is 1. The molecule has 0 radical (unpaired) electrons. The smallest absolute Gasteiger partial charge is 0.0940 e. The summed E-state index contributed by atoms with van der Waals surface area (Å²) >= 11 is 0. The monoisotopic (exact) mass is 290 g/mol. The normalized spacial score (nSPS) is 30.5. The minimum Gasteiger partial charge on any atom is -0.378 e. The topological polar surface area (TPSA) is 47.7 Å². The molecule has 0 bridgehead atoms. The van der Waals surface area contributed by atoms with Gasteiger partial charge in [-0.3, -0.25) is 0 Å². The van der Waals surface area contributed by atoms with Crippen LogP contribution in [0.4, 0.5) is 5.69 Å². The van der Waals surface area contributed by atoms with Crippen molar-refractivity contribution in [3.63, 3.8) is 0 Å². The van der Waals surface area contributed by atoms with Crippen LogP contribution in [-0.2, 0) is 9.47 Å². The van der Waals surface area contributed by atoms with Crippen molar-refractivity contribution in [1.29, 1.82) is 0 Å². The predicted molar refractivity (Wildman–Crippen MR) is 84.5 cm³/mol. The molecule has 2 aliphatic rings. The zero-order valence-electron chi connectivity index (χ0n) is 13.0. The number of nitrogens with two attached hydrogens (primary N) is 1. The Labute approximate surface area is 127 Å². The lowest BCUT2D eigenvalue weighted by Gasteiger charge is -2.39. The molecule has 2 saturated heterocycles. The number of anilines is 1. The Morgan fingerprint density at radius 2 is 2.19 bits per heavy atom. The van der Waals surface area contributed by atoms with Crippen molar-refractivity contribution < 1.29 is 9.47 Å². The highest BCUT2D eigenvalue weighted by atomic mass is 16.6. The first-order valence-corrected chi connectivity index (χ1v) is 7.84. The molecule has 2 fully saturated rings. The van der Waals surface area contributed by atoms with Crippen LogP contribution in [0.1, 0.15) is 30.9 Å². The standard InChI is InChI=1S/C17H26N2O2/c1-19(2)15-5-3-4-13(10-15)16(18)14-6-8-21-17(11-14)7-9-20-12-17/h3-5,10,14,16H,6-9,11-12,18H2,1-2H3. The lowest BCUT2D eigenvalue weighted by atomic mass is 9.79. The fourth-order valence-corrected chi connectivity index (χ4v) is 3.52. The third-order valence-corrected chi connectivity index (χ3v) is 4.88. The molecule has 2 heterocycles. The van der Waals surface area contributed by atoms with Crippen LogP contribution in [0, 0.1) is 5.92 Å². The third-order valence-electron chi connectivity index (χ3n) is 4.88. The first-order chi connectivity index (χ1) is 10.1. The second kappa shape index (κ2) is 5.95. The lowest BCUT2D eigenvalue weighted by molar-refractivity contribution is -0.101. The van der Waals surface area contributed by atoms with E-state index in [1.165, 1.54) is 11.3 Å². The maximum atomic E-state index is 6.57. The van der Waals surface area contributed by atoms with E-state index >= 15 is 0 Å². The Morgan fingerprint density at radius 1 is 1.33 bits per heavy atom. The molecule has 4 nitrogen and oxygen atoms in total. The van der Waals surface area contributed by atoms with Crippen LogP contribution in [0.2, 0.25) is 0 Å². The zero-order valence-corrected chi connectivity index (χ0v) is 13.0. The van der Waals surface area contributed by atoms with Crippen LogP contribution in [0.5, 0.6) is 0 Å². The summed E-state index contributed by atoms with van der Waals surface area (Å²) in [7, 11) is 4.12. The van der Waals surface area contributed by atoms with Crippen LogP contribution in [0.25, 0.3) is 0 Å². The van der Waals surface area contributed by atoms with Crippen molar-refractivity contribution in [3.05, 3.63) is 29.8 Å². The highest BCUT2D eigenvalue weighted by molar-refractivity contribution is 5.47. The second-order valence-corrected chi connectivity index (χ2v) is 6.60. The molecule has 4 heteroatoms. The maximum absolute atomic E-state index is 6.57. The lowest BCUT2D eigenvalue weighted by Crippen LogP contribution is -2.43. The molecule has 21 heavy (non-hydrogen) atoms. The van der Waals surface area contributed by atoms with Crippen molar-refractivity contribution in [2.24, 2.45) is 11.7 Å². The second-order valence-electron chi connectivity index (χ2n) is 6.60. The zero-order chi connectivity index (χ0) is 14.9. The van der Waals surface area contributed by atoms with E-state index in [1.54, 1.807) is 0 Å². The van der Waals surface area contributed by atoms with Gasteiger partial charge in [-0.1, -0.05) is 12.1 Å². The molecule has 0 aliphatic carbocycles. The number of hydrogen-bond acceptors (Lipinski definition) is 4. The molecule has 0 amide bonds. The fraction of sp³-hybridized carbons (Fsp3) is 0.647. The Morgan fingerprint density at radius 3 is 2.90 bits per heavy atom. The first-order valence-electron chi connectivity index (χ1n) is 7.84. The molecule has 3 rings (SSSR count). The van der Waals surface area contributed by atoms with Gasteiger partial charge in [0.1, 0.15) is 0 Å². The van der Waals surface area contributed by atoms with Gasteiger partial charge in [0.25, 0.3) is 0 Å². The number of ether oxygens (including phenoxy) is 2. The van der Waals surface area contributed by atoms with Crippen molar-refractivity contribution in [1.82, 2.24) is 0 Å². The number of benzene rings is 1. The minimum atomic E-state index is -0.0697. The van der Waals surface area contributed by atoms with Gasteiger partial charge in [-0.25, -0.2) is 0 Å². The fourth-order valence-electron chi connectivity index (χ4n) is 3.52. The summed E-state index contributed by atoms with van der Waals surface area (Å²) in [5.74, 6) is 0.470. The van der Waals surface area contributed by atoms with Gasteiger partial charge in [0, 0.05) is 45.5 Å². The number of hydrogen-bond donors (Lipinski definition) is 1. The van der Waals surface area contributed by atoms with Crippen molar-refractivity contribution in [2.75, 3.05) is 38.8 Å². The molecular formula is C17H26N2O2. The summed E-state index contributed by atoms with van der Waals surface area (Å²) in [5.41, 5.74) is 8.93. The van der Waals surface area contributed by atoms with Crippen molar-refractivity contribution >= 4 is 5.69 Å². The third kappa shape index (κ3) is 3.07. The van der Waals surface area contributed by atoms with Gasteiger partial charge < -0.3 is 20.1 Å². The molecule has 2 aliphatic heterocycles. The van der Waals surface area contributed by atoms with E-state index in [9.17, 15) is 0 Å². The Kier molecular flexibility index (Phi) is 4.20. The largest absolute Gasteiger partial charge is 0.378 e. The van der Waals surface area contributed by atoms with E-state index in [0.29, 0.717) is 5.92 Å². The molecule has 0 aromatic heterocycles. The Balaban J connectivity index is 1.75. The summed E-state index contributed by atoms with van der Waals surface area (Å²) in [4.78, 5) is 2.12. The van der Waals surface area contributed by atoms with Gasteiger partial charge in [-0.15, -0.1) is 0 Å². The Bertz CT molecular complexity index is 483. The quantitative estimate of drug-likeness (QED) is 0.928. The van der Waals surface area contributed by atoms with Crippen molar-refractivity contribution in [3.8, 4) is 0 Å². The first kappa shape index (κ1) is 14.8. The van der Waals surface area contributed by atoms with Gasteiger partial charge >= 0.3 is 0 Å². The van der Waals surface area contributed by atoms with Crippen LogP contribution >= 0.6 is 0 Å². The molecule has 2 N–H and O–H groups in total. The van der Waals surface area contributed by atoms with Gasteiger partial charge in [0.05, 0.1) is 12.2 Å². The van der Waals surface area contributed by atoms with Crippen LogP contribution in [0.3, 0.4) is 0 Å². The van der Waals surface area contributed by atoms with Crippen LogP contribution < -0.4 is 10.6 Å². The van der Waals surface area contributed by atoms with E-state index in [0.717, 1.165) is 39.1 Å². The summed E-state index contributed by atoms with van der Waals surface area (Å²) < 4.78 is 11.6. The summed E-state index contributed by atoms with van der Waals surface area (Å²) in [5, 5.41) is 0. The molecule has 3 unspecified atom stereocenters. The van der Waals surface area contributed by atoms with Crippen molar-refractivity contribution in [2.45, 2.75) is 30.9 Å². The van der Waals surface area contributed by atoms with Gasteiger partial charge in [-0.2, -0.15) is 0 Å². The Hall–Kier alpha value is -1.10. The molecule has 116 valence electrons. The predicted octanol–water partition coefficient (Wildman–Crippen LogP) is 2.34. The van der Waals surface area contributed by atoms with Crippen LogP contribution in [-0.4, -0.2) is 39.5 Å². The summed E-state index contributed by atoms with van der Waals surface area (Å²) in [6.45, 7) is 2.35. The van der Waals surface area contributed by atoms with Gasteiger partial charge in [-0.05, 0) is 36.5 Å². The van der Waals surface area contributed by atoms with E-state index in [2.05, 4.69) is 43.3 Å². The number of rotatable bonds is 3.